The van der Waals surface area contributed by atoms with Gasteiger partial charge in [-0.05, 0) is 62.9 Å². The molecule has 4 aromatic rings. The summed E-state index contributed by atoms with van der Waals surface area (Å²) in [6.45, 7) is 4.77. The Morgan fingerprint density at radius 1 is 1.10 bits per heavy atom. The Kier molecular flexibility index (Phi) is 8.07. The molecule has 1 aliphatic rings. The molecule has 10 nitrogen and oxygen atoms in total. The third-order valence-corrected chi connectivity index (χ3v) is 8.24. The van der Waals surface area contributed by atoms with Crippen molar-refractivity contribution in [2.45, 2.75) is 46.0 Å². The molecule has 220 valence electrons. The third-order valence-electron chi connectivity index (χ3n) is 8.24. The molecule has 5 rings (SSSR count). The standard InChI is InChI=1S/C31H35FN6O4/c1-4-19-13-21(5-7-24(19)32)25-8-6-22(14-34-25)23-15-35-38-28(33)26(18(2)41)27(36-29(23)38)20-9-11-37(12-10-20)30(42)31(3,16-39)17-40/h5-8,13-15,20,39-40H,4,9-12,16-17,33H2,1-3H3. The number of aryl methyl sites for hydroxylation is 1. The number of hydrogen-bond acceptors (Lipinski definition) is 8. The summed E-state index contributed by atoms with van der Waals surface area (Å²) in [5.74, 6) is -0.703. The number of anilines is 1. The average molecular weight is 575 g/mol. The Hall–Kier alpha value is -4.22. The van der Waals surface area contributed by atoms with Crippen molar-refractivity contribution in [3.8, 4) is 22.4 Å². The van der Waals surface area contributed by atoms with Crippen molar-refractivity contribution in [3.05, 3.63) is 65.4 Å². The van der Waals surface area contributed by atoms with Crippen LogP contribution in [0.5, 0.6) is 0 Å². The highest BCUT2D eigenvalue weighted by Gasteiger charge is 2.38. The number of halogens is 1. The van der Waals surface area contributed by atoms with Gasteiger partial charge < -0.3 is 20.8 Å². The summed E-state index contributed by atoms with van der Waals surface area (Å²) in [6, 6.07) is 8.72. The lowest BCUT2D eigenvalue weighted by Crippen LogP contribution is -2.49. The van der Waals surface area contributed by atoms with Gasteiger partial charge in [-0.25, -0.2) is 9.37 Å². The fourth-order valence-corrected chi connectivity index (χ4v) is 5.54. The first-order valence-electron chi connectivity index (χ1n) is 14.1. The predicted octanol–water partition coefficient (Wildman–Crippen LogP) is 3.64. The van der Waals surface area contributed by atoms with Crippen molar-refractivity contribution in [1.29, 1.82) is 0 Å². The van der Waals surface area contributed by atoms with Crippen LogP contribution in [-0.4, -0.2) is 72.7 Å². The van der Waals surface area contributed by atoms with Crippen LogP contribution in [0.3, 0.4) is 0 Å². The van der Waals surface area contributed by atoms with Crippen molar-refractivity contribution in [2.24, 2.45) is 5.41 Å². The van der Waals surface area contributed by atoms with Crippen molar-refractivity contribution in [3.63, 3.8) is 0 Å². The zero-order valence-electron chi connectivity index (χ0n) is 24.0. The predicted molar refractivity (Wildman–Crippen MR) is 156 cm³/mol. The van der Waals surface area contributed by atoms with E-state index >= 15 is 0 Å². The molecule has 1 aromatic carbocycles. The van der Waals surface area contributed by atoms with Gasteiger partial charge in [-0.1, -0.05) is 13.0 Å². The first kappa shape index (κ1) is 29.3. The van der Waals surface area contributed by atoms with E-state index in [1.54, 1.807) is 29.4 Å². The number of piperidine rings is 1. The van der Waals surface area contributed by atoms with Crippen LogP contribution in [0, 0.1) is 11.2 Å². The molecule has 0 aliphatic carbocycles. The number of aromatic nitrogens is 4. The monoisotopic (exact) mass is 574 g/mol. The number of fused-ring (bicyclic) bond motifs is 1. The number of ketones is 1. The van der Waals surface area contributed by atoms with Crippen LogP contribution < -0.4 is 5.73 Å². The fourth-order valence-electron chi connectivity index (χ4n) is 5.54. The van der Waals surface area contributed by atoms with E-state index in [9.17, 15) is 24.2 Å². The Bertz CT molecular complexity index is 1640. The van der Waals surface area contributed by atoms with E-state index in [2.05, 4.69) is 10.1 Å². The van der Waals surface area contributed by atoms with Crippen molar-refractivity contribution in [1.82, 2.24) is 24.5 Å². The molecule has 0 bridgehead atoms. The van der Waals surface area contributed by atoms with Gasteiger partial charge in [0.1, 0.15) is 11.6 Å². The van der Waals surface area contributed by atoms with E-state index in [1.165, 1.54) is 24.4 Å². The summed E-state index contributed by atoms with van der Waals surface area (Å²) in [5, 5.41) is 23.7. The number of rotatable bonds is 8. The summed E-state index contributed by atoms with van der Waals surface area (Å²) in [7, 11) is 0. The second-order valence-corrected chi connectivity index (χ2v) is 11.1. The molecule has 3 aromatic heterocycles. The summed E-state index contributed by atoms with van der Waals surface area (Å²) >= 11 is 0. The second-order valence-electron chi connectivity index (χ2n) is 11.1. The summed E-state index contributed by atoms with van der Waals surface area (Å²) in [6.07, 6.45) is 5.01. The highest BCUT2D eigenvalue weighted by molar-refractivity contribution is 6.00. The first-order chi connectivity index (χ1) is 20.1. The molecule has 1 aliphatic heterocycles. The lowest BCUT2D eigenvalue weighted by atomic mass is 9.86. The minimum absolute atomic E-state index is 0.135. The van der Waals surface area contributed by atoms with E-state index in [0.29, 0.717) is 66.1 Å². The van der Waals surface area contributed by atoms with E-state index in [1.807, 2.05) is 19.1 Å². The molecule has 4 N–H and O–H groups in total. The molecule has 42 heavy (non-hydrogen) atoms. The van der Waals surface area contributed by atoms with Crippen LogP contribution in [0.25, 0.3) is 28.0 Å². The Labute approximate surface area is 243 Å². The second kappa shape index (κ2) is 11.6. The van der Waals surface area contributed by atoms with Crippen LogP contribution in [0.15, 0.2) is 42.7 Å². The number of nitrogen functional groups attached to an aromatic ring is 1. The van der Waals surface area contributed by atoms with Crippen molar-refractivity contribution in [2.75, 3.05) is 32.0 Å². The largest absolute Gasteiger partial charge is 0.395 e. The Balaban J connectivity index is 1.47. The minimum atomic E-state index is -1.25. The summed E-state index contributed by atoms with van der Waals surface area (Å²) in [4.78, 5) is 36.9. The highest BCUT2D eigenvalue weighted by atomic mass is 19.1. The summed E-state index contributed by atoms with van der Waals surface area (Å²) in [5.41, 5.74) is 10.2. The van der Waals surface area contributed by atoms with Crippen LogP contribution in [0.2, 0.25) is 0 Å². The number of pyridine rings is 1. The molecular formula is C31H35FN6O4. The van der Waals surface area contributed by atoms with Gasteiger partial charge >= 0.3 is 0 Å². The number of nitrogens with two attached hydrogens (primary N) is 1. The molecule has 1 amide bonds. The number of nitrogens with zero attached hydrogens (tertiary/aromatic N) is 5. The topological polar surface area (TPSA) is 147 Å². The number of likely N-dealkylation sites (tertiary alicyclic amines) is 1. The maximum Gasteiger partial charge on any atom is 0.233 e. The van der Waals surface area contributed by atoms with Crippen LogP contribution in [0.1, 0.15) is 61.1 Å². The lowest BCUT2D eigenvalue weighted by Gasteiger charge is -2.37. The zero-order chi connectivity index (χ0) is 30.2. The normalized spacial score (nSPS) is 14.5. The maximum absolute atomic E-state index is 14.0. The van der Waals surface area contributed by atoms with Crippen molar-refractivity contribution < 1.29 is 24.2 Å². The number of hydrogen-bond donors (Lipinski definition) is 3. The number of carbonyl (C=O) groups excluding carboxylic acids is 2. The molecule has 0 spiro atoms. The third kappa shape index (κ3) is 5.14. The average Bonchev–Trinajstić information content (AvgIpc) is 3.45. The number of Topliss-reactive ketones (excluding diaryl/α,β-unsaturated/α-hetero) is 1. The van der Waals surface area contributed by atoms with Crippen LogP contribution in [0.4, 0.5) is 10.2 Å². The highest BCUT2D eigenvalue weighted by Crippen LogP contribution is 2.36. The van der Waals surface area contributed by atoms with Gasteiger partial charge in [0.15, 0.2) is 11.4 Å². The molecule has 0 radical (unpaired) electrons. The fraction of sp³-hybridized carbons (Fsp3) is 0.387. The number of aliphatic hydroxyl groups is 2. The molecule has 0 saturated carbocycles. The van der Waals surface area contributed by atoms with Gasteiger partial charge in [-0.15, -0.1) is 0 Å². The van der Waals surface area contributed by atoms with Gasteiger partial charge in [0, 0.05) is 41.9 Å². The van der Waals surface area contributed by atoms with E-state index in [4.69, 9.17) is 10.7 Å². The SMILES string of the molecule is CCc1cc(-c2ccc(-c3cnn4c(N)c(C(C)=O)c(C5CCN(C(=O)C(C)(CO)CO)CC5)nc34)cn2)ccc1F. The molecular weight excluding hydrogens is 539 g/mol. The first-order valence-corrected chi connectivity index (χ1v) is 14.1. The van der Waals surface area contributed by atoms with Crippen molar-refractivity contribution >= 4 is 23.2 Å². The minimum Gasteiger partial charge on any atom is -0.395 e. The zero-order valence-corrected chi connectivity index (χ0v) is 24.0. The quantitative estimate of drug-likeness (QED) is 0.270. The maximum atomic E-state index is 14.0. The molecule has 1 fully saturated rings. The Morgan fingerprint density at radius 2 is 1.79 bits per heavy atom. The number of carbonyl (C=O) groups is 2. The van der Waals surface area contributed by atoms with E-state index in [0.717, 1.165) is 11.1 Å². The van der Waals surface area contributed by atoms with Crippen LogP contribution in [-0.2, 0) is 11.2 Å². The van der Waals surface area contributed by atoms with Gasteiger partial charge in [0.05, 0.1) is 41.8 Å². The Morgan fingerprint density at radius 3 is 2.38 bits per heavy atom. The number of benzene rings is 1. The van der Waals surface area contributed by atoms with Gasteiger partial charge in [-0.2, -0.15) is 9.61 Å². The summed E-state index contributed by atoms with van der Waals surface area (Å²) < 4.78 is 15.5. The van der Waals surface area contributed by atoms with E-state index in [-0.39, 0.29) is 29.2 Å². The van der Waals surface area contributed by atoms with Gasteiger partial charge in [-0.3, -0.25) is 14.6 Å². The molecule has 11 heteroatoms. The smallest absolute Gasteiger partial charge is 0.233 e. The van der Waals surface area contributed by atoms with E-state index < -0.39 is 18.6 Å². The van der Waals surface area contributed by atoms with Gasteiger partial charge in [0.25, 0.3) is 0 Å². The van der Waals surface area contributed by atoms with Gasteiger partial charge in [0.2, 0.25) is 5.91 Å². The molecule has 0 atom stereocenters. The van der Waals surface area contributed by atoms with Crippen LogP contribution >= 0.6 is 0 Å². The molecule has 1 saturated heterocycles. The lowest BCUT2D eigenvalue weighted by molar-refractivity contribution is -0.147. The number of aliphatic hydroxyl groups excluding tert-OH is 2. The molecule has 4 heterocycles. The molecule has 0 unspecified atom stereocenters. The number of amides is 1.